The Bertz CT molecular complexity index is 1080. The highest BCUT2D eigenvalue weighted by Crippen LogP contribution is 2.50. The van der Waals surface area contributed by atoms with Crippen molar-refractivity contribution in [2.45, 2.75) is 38.4 Å². The molecule has 3 rings (SSSR count). The van der Waals surface area contributed by atoms with Crippen LogP contribution in [0, 0.1) is 0 Å². The third-order valence-electron chi connectivity index (χ3n) is 4.35. The lowest BCUT2D eigenvalue weighted by molar-refractivity contribution is -0.339. The number of aliphatic hydroxyl groups excluding tert-OH is 2. The largest absolute Gasteiger partial charge is 0.790 e. The molecule has 3 N–H and O–H groups in total. The number of anilines is 1. The van der Waals surface area contributed by atoms with Crippen LogP contribution in [0.1, 0.15) is 20.1 Å². The Balaban J connectivity index is 1.75. The fraction of sp³-hybridized carbons (Fsp3) is 0.533. The third-order valence-corrected chi connectivity index (χ3v) is 6.41. The number of nitrogens with zero attached hydrogens (tertiary/aromatic N) is 4. The van der Waals surface area contributed by atoms with E-state index in [0.717, 1.165) is 5.57 Å². The molecule has 1 aliphatic rings. The van der Waals surface area contributed by atoms with Gasteiger partial charge < -0.3 is 44.0 Å². The number of hydrogen-bond donors (Lipinski definition) is 3. The summed E-state index contributed by atoms with van der Waals surface area (Å²) in [6.45, 7) is 3.44. The highest BCUT2D eigenvalue weighted by molar-refractivity contribution is 7.58. The number of nitrogens with one attached hydrogen (secondary N) is 1. The Morgan fingerprint density at radius 3 is 2.62 bits per heavy atom. The van der Waals surface area contributed by atoms with E-state index in [-0.39, 0.29) is 5.65 Å². The molecule has 17 heteroatoms. The summed E-state index contributed by atoms with van der Waals surface area (Å²) in [6.07, 6.45) is -1.32. The van der Waals surface area contributed by atoms with Crippen LogP contribution in [-0.4, -0.2) is 61.2 Å². The zero-order valence-corrected chi connectivity index (χ0v) is 18.6. The number of allylic oxidation sites excluding steroid dienone is 1. The Morgan fingerprint density at radius 2 is 1.97 bits per heavy atom. The van der Waals surface area contributed by atoms with Crippen molar-refractivity contribution in [3.05, 3.63) is 24.3 Å². The molecular weight excluding hydrogens is 472 g/mol. The van der Waals surface area contributed by atoms with E-state index < -0.39 is 46.8 Å². The Kier molecular flexibility index (Phi) is 7.47. The maximum atomic E-state index is 11.4. The van der Waals surface area contributed by atoms with E-state index in [1.807, 2.05) is 19.9 Å². The lowest BCUT2D eigenvalue weighted by Gasteiger charge is -2.35. The van der Waals surface area contributed by atoms with E-state index in [1.54, 1.807) is 0 Å². The molecule has 1 saturated heterocycles. The molecule has 2 aromatic heterocycles. The number of phosphoric acid groups is 2. The summed E-state index contributed by atoms with van der Waals surface area (Å²) in [7, 11) is -11.4. The Hall–Kier alpha value is -1.77. The fourth-order valence-corrected chi connectivity index (χ4v) is 4.42. The van der Waals surface area contributed by atoms with E-state index >= 15 is 0 Å². The van der Waals surface area contributed by atoms with Crippen molar-refractivity contribution < 1.29 is 47.6 Å². The second-order valence-electron chi connectivity index (χ2n) is 7.03. The zero-order chi connectivity index (χ0) is 23.7. The van der Waals surface area contributed by atoms with Crippen LogP contribution in [0.15, 0.2) is 24.3 Å². The minimum atomic E-state index is -5.86. The lowest BCUT2D eigenvalue weighted by atomic mass is 10.1. The molecule has 1 aliphatic heterocycles. The molecule has 0 radical (unpaired) electrons. The highest BCUT2D eigenvalue weighted by atomic mass is 31.3. The van der Waals surface area contributed by atoms with Gasteiger partial charge in [0.15, 0.2) is 23.2 Å². The van der Waals surface area contributed by atoms with Gasteiger partial charge >= 0.3 is 0 Å². The van der Waals surface area contributed by atoms with Crippen LogP contribution in [-0.2, 0) is 22.7 Å². The summed E-state index contributed by atoms with van der Waals surface area (Å²) in [4.78, 5) is 44.8. The fourth-order valence-electron chi connectivity index (χ4n) is 2.93. The number of ether oxygens (including phenoxy) is 1. The summed E-state index contributed by atoms with van der Waals surface area (Å²) in [5.74, 6) is 0.420. The minimum Gasteiger partial charge on any atom is -0.790 e. The molecule has 0 amide bonds. The van der Waals surface area contributed by atoms with Crippen molar-refractivity contribution >= 4 is 32.6 Å². The molecule has 32 heavy (non-hydrogen) atoms. The second kappa shape index (κ2) is 9.61. The van der Waals surface area contributed by atoms with Crippen molar-refractivity contribution in [1.29, 1.82) is 0 Å². The van der Waals surface area contributed by atoms with Gasteiger partial charge in [-0.2, -0.15) is 0 Å². The van der Waals surface area contributed by atoms with Gasteiger partial charge in [-0.3, -0.25) is 13.4 Å². The van der Waals surface area contributed by atoms with Crippen LogP contribution in [0.2, 0.25) is 0 Å². The predicted molar refractivity (Wildman–Crippen MR) is 101 cm³/mol. The number of aliphatic hydroxyl groups is 2. The molecule has 2 aromatic rings. The van der Waals surface area contributed by atoms with Gasteiger partial charge in [-0.25, -0.2) is 15.0 Å². The second-order valence-corrected chi connectivity index (χ2v) is 9.73. The van der Waals surface area contributed by atoms with E-state index in [0.29, 0.717) is 17.9 Å². The summed E-state index contributed by atoms with van der Waals surface area (Å²) in [6, 6.07) is 0. The molecule has 0 saturated carbocycles. The van der Waals surface area contributed by atoms with Gasteiger partial charge in [0.1, 0.15) is 24.6 Å². The van der Waals surface area contributed by atoms with Gasteiger partial charge in [0, 0.05) is 6.54 Å². The molecule has 3 heterocycles. The number of imidazole rings is 1. The SMILES string of the molecule is CC(C)=CCNc1ncnc2c1ncn2[C@@H]1O[C@H](COP(=O)([O-])OP(=O)([O-])[O-])[C@@H](O)[C@H]1O. The van der Waals surface area contributed by atoms with Crippen LogP contribution in [0.25, 0.3) is 11.2 Å². The van der Waals surface area contributed by atoms with Gasteiger partial charge in [0.05, 0.1) is 20.8 Å². The highest BCUT2D eigenvalue weighted by Gasteiger charge is 2.45. The van der Waals surface area contributed by atoms with Crippen molar-refractivity contribution in [1.82, 2.24) is 19.5 Å². The molecule has 1 fully saturated rings. The van der Waals surface area contributed by atoms with E-state index in [9.17, 15) is 34.0 Å². The smallest absolute Gasteiger partial charge is 0.271 e. The molecule has 5 atom stereocenters. The zero-order valence-electron chi connectivity index (χ0n) is 16.8. The van der Waals surface area contributed by atoms with Crippen LogP contribution in [0.3, 0.4) is 0 Å². The standard InChI is InChI=1S/C15H23N5O10P2/c1-8(2)3-4-16-13-10-14(18-6-17-13)20(7-19-10)15-12(22)11(21)9(29-15)5-28-32(26,27)30-31(23,24)25/h3,6-7,9,11-12,15,21-22H,4-5H2,1-2H3,(H,26,27)(H,16,17,18)(H2,23,24,25)/p-3/t9-,11-,12-,15-/m1/s1. The number of hydrogen-bond acceptors (Lipinski definition) is 14. The van der Waals surface area contributed by atoms with E-state index in [4.69, 9.17) is 4.74 Å². The molecule has 15 nitrogen and oxygen atoms in total. The molecule has 178 valence electrons. The third kappa shape index (κ3) is 5.97. The molecule has 0 spiro atoms. The van der Waals surface area contributed by atoms with Crippen molar-refractivity contribution in [2.24, 2.45) is 0 Å². The first-order chi connectivity index (χ1) is 14.9. The summed E-state index contributed by atoms with van der Waals surface area (Å²) < 4.78 is 36.3. The number of rotatable bonds is 9. The monoisotopic (exact) mass is 492 g/mol. The van der Waals surface area contributed by atoms with Gasteiger partial charge in [-0.15, -0.1) is 0 Å². The number of aromatic nitrogens is 4. The van der Waals surface area contributed by atoms with Gasteiger partial charge in [-0.1, -0.05) is 11.6 Å². The maximum absolute atomic E-state index is 11.4. The van der Waals surface area contributed by atoms with Gasteiger partial charge in [0.2, 0.25) is 0 Å². The topological polar surface area (TPSA) is 227 Å². The van der Waals surface area contributed by atoms with E-state index in [1.165, 1.54) is 17.2 Å². The molecule has 0 aliphatic carbocycles. The van der Waals surface area contributed by atoms with Crippen molar-refractivity contribution in [3.8, 4) is 0 Å². The first kappa shape index (κ1) is 24.9. The number of fused-ring (bicyclic) bond motifs is 1. The summed E-state index contributed by atoms with van der Waals surface area (Å²) >= 11 is 0. The lowest BCUT2D eigenvalue weighted by Crippen LogP contribution is -2.34. The molecule has 0 bridgehead atoms. The predicted octanol–water partition coefficient (Wildman–Crippen LogP) is -1.85. The number of phosphoric ester groups is 1. The summed E-state index contributed by atoms with van der Waals surface area (Å²) in [5, 5.41) is 23.7. The van der Waals surface area contributed by atoms with Crippen LogP contribution in [0.5, 0.6) is 0 Å². The summed E-state index contributed by atoms with van der Waals surface area (Å²) in [5.41, 5.74) is 1.71. The quantitative estimate of drug-likeness (QED) is 0.258. The van der Waals surface area contributed by atoms with Crippen molar-refractivity contribution in [2.75, 3.05) is 18.5 Å². The van der Waals surface area contributed by atoms with Crippen LogP contribution in [0.4, 0.5) is 5.82 Å². The van der Waals surface area contributed by atoms with Crippen LogP contribution >= 0.6 is 15.6 Å². The van der Waals surface area contributed by atoms with Gasteiger partial charge in [-0.05, 0) is 13.8 Å². The van der Waals surface area contributed by atoms with E-state index in [2.05, 4.69) is 29.1 Å². The average Bonchev–Trinajstić information content (AvgIpc) is 3.20. The first-order valence-corrected chi connectivity index (χ1v) is 12.1. The van der Waals surface area contributed by atoms with Crippen molar-refractivity contribution in [3.63, 3.8) is 0 Å². The molecular formula is C15H20N5O10P2-3. The normalized spacial score (nSPS) is 25.6. The van der Waals surface area contributed by atoms with Gasteiger partial charge in [0.25, 0.3) is 7.82 Å². The minimum absolute atomic E-state index is 0.258. The Morgan fingerprint density at radius 1 is 1.25 bits per heavy atom. The van der Waals surface area contributed by atoms with Crippen LogP contribution < -0.4 is 20.0 Å². The first-order valence-electron chi connectivity index (χ1n) is 9.13. The Labute approximate surface area is 181 Å². The molecule has 1 unspecified atom stereocenters. The maximum Gasteiger partial charge on any atom is 0.271 e. The molecule has 0 aromatic carbocycles. The average molecular weight is 492 g/mol.